The number of rotatable bonds is 4. The molecule has 0 radical (unpaired) electrons. The van der Waals surface area contributed by atoms with Crippen LogP contribution in [-0.4, -0.2) is 0 Å². The minimum atomic E-state index is -4.51. The number of benzene rings is 8. The van der Waals surface area contributed by atoms with Gasteiger partial charge in [0, 0.05) is 0 Å². The molecule has 8 aromatic rings. The Morgan fingerprint density at radius 3 is 0.760 bits per heavy atom. The van der Waals surface area contributed by atoms with Crippen molar-refractivity contribution in [3.05, 3.63) is 169 Å². The van der Waals surface area contributed by atoms with Crippen LogP contribution in [0.3, 0.4) is 0 Å². The summed E-state index contributed by atoms with van der Waals surface area (Å²) < 4.78 is 82.8. The molecule has 0 spiro atoms. The summed E-state index contributed by atoms with van der Waals surface area (Å²) >= 11 is 0. The van der Waals surface area contributed by atoms with Crippen molar-refractivity contribution in [2.24, 2.45) is 0 Å². The summed E-state index contributed by atoms with van der Waals surface area (Å²) in [5.41, 5.74) is 4.70. The Morgan fingerprint density at radius 1 is 0.260 bits per heavy atom. The van der Waals surface area contributed by atoms with Gasteiger partial charge in [-0.3, -0.25) is 0 Å². The molecule has 8 aromatic carbocycles. The van der Waals surface area contributed by atoms with Gasteiger partial charge in [-0.15, -0.1) is 0 Å². The van der Waals surface area contributed by atoms with Gasteiger partial charge in [0.25, 0.3) is 0 Å². The fourth-order valence-electron chi connectivity index (χ4n) is 7.19. The highest BCUT2D eigenvalue weighted by atomic mass is 19.4. The monoisotopic (exact) mass is 668 g/mol. The average molecular weight is 669 g/mol. The van der Waals surface area contributed by atoms with Crippen molar-refractivity contribution in [3.8, 4) is 44.5 Å². The zero-order valence-corrected chi connectivity index (χ0v) is 26.3. The molecule has 0 aliphatic heterocycles. The fourth-order valence-corrected chi connectivity index (χ4v) is 7.19. The maximum absolute atomic E-state index is 13.8. The molecule has 0 saturated carbocycles. The molecule has 0 amide bonds. The highest BCUT2D eigenvalue weighted by Gasteiger charge is 2.32. The molecular formula is C44H26F6. The molecular weight excluding hydrogens is 642 g/mol. The third-order valence-corrected chi connectivity index (χ3v) is 9.31. The van der Waals surface area contributed by atoms with Crippen LogP contribution in [0.15, 0.2) is 158 Å². The molecule has 244 valence electrons. The normalized spacial score (nSPS) is 12.2. The second kappa shape index (κ2) is 11.9. The van der Waals surface area contributed by atoms with Crippen LogP contribution in [0.5, 0.6) is 0 Å². The van der Waals surface area contributed by atoms with E-state index in [9.17, 15) is 26.3 Å². The number of fused-ring (bicyclic) bond motifs is 3. The van der Waals surface area contributed by atoms with E-state index in [4.69, 9.17) is 0 Å². The first-order valence-corrected chi connectivity index (χ1v) is 16.0. The molecule has 0 heterocycles. The molecule has 0 aliphatic rings. The molecule has 0 aromatic heterocycles. The maximum atomic E-state index is 13.8. The van der Waals surface area contributed by atoms with Crippen LogP contribution in [0, 0.1) is 0 Å². The summed E-state index contributed by atoms with van der Waals surface area (Å²) in [6.45, 7) is 0. The van der Waals surface area contributed by atoms with Gasteiger partial charge in [0.05, 0.1) is 11.1 Å². The van der Waals surface area contributed by atoms with Crippen LogP contribution in [0.1, 0.15) is 11.1 Å². The lowest BCUT2D eigenvalue weighted by Crippen LogP contribution is -2.04. The fraction of sp³-hybridized carbons (Fsp3) is 0.0455. The molecule has 8 rings (SSSR count). The van der Waals surface area contributed by atoms with E-state index in [-0.39, 0.29) is 0 Å². The Labute approximate surface area is 283 Å². The largest absolute Gasteiger partial charge is 0.416 e. The van der Waals surface area contributed by atoms with Crippen molar-refractivity contribution < 1.29 is 26.3 Å². The number of hydrogen-bond donors (Lipinski definition) is 0. The van der Waals surface area contributed by atoms with Gasteiger partial charge in [-0.25, -0.2) is 0 Å². The van der Waals surface area contributed by atoms with E-state index in [1.54, 1.807) is 0 Å². The van der Waals surface area contributed by atoms with Crippen molar-refractivity contribution in [1.82, 2.24) is 0 Å². The lowest BCUT2D eigenvalue weighted by atomic mass is 9.77. The van der Waals surface area contributed by atoms with Crippen LogP contribution < -0.4 is 0 Å². The first kappa shape index (κ1) is 31.4. The molecule has 0 aliphatic carbocycles. The molecule has 0 saturated heterocycles. The Balaban J connectivity index is 1.67. The molecule has 0 bridgehead atoms. The van der Waals surface area contributed by atoms with E-state index >= 15 is 0 Å². The molecule has 0 atom stereocenters. The van der Waals surface area contributed by atoms with E-state index in [1.807, 2.05) is 109 Å². The zero-order chi connectivity index (χ0) is 34.6. The van der Waals surface area contributed by atoms with Crippen molar-refractivity contribution in [2.75, 3.05) is 0 Å². The minimum Gasteiger partial charge on any atom is -0.166 e. The highest BCUT2D eigenvalue weighted by Crippen LogP contribution is 2.53. The van der Waals surface area contributed by atoms with Crippen LogP contribution >= 0.6 is 0 Å². The molecule has 0 N–H and O–H groups in total. The van der Waals surface area contributed by atoms with Gasteiger partial charge in [0.2, 0.25) is 0 Å². The standard InChI is InChI=1S/C44H26F6/c45-43(46,47)31-23-19-29(20-24-31)39-36-18-10-8-16-34(36)38(28-13-5-2-6-14-28)42-40(30-21-25-32(26-22-30)44(48,49)50)35-17-9-7-15-33(35)37(41(39)42)27-11-3-1-4-12-27/h1-26H. The molecule has 0 nitrogen and oxygen atoms in total. The van der Waals surface area contributed by atoms with Gasteiger partial charge >= 0.3 is 12.4 Å². The summed E-state index contributed by atoms with van der Waals surface area (Å²) in [6.07, 6.45) is -9.03. The van der Waals surface area contributed by atoms with Gasteiger partial charge in [0.15, 0.2) is 0 Å². The van der Waals surface area contributed by atoms with E-state index in [0.717, 1.165) is 90.0 Å². The van der Waals surface area contributed by atoms with E-state index in [1.165, 1.54) is 24.3 Å². The lowest BCUT2D eigenvalue weighted by Gasteiger charge is -2.25. The Morgan fingerprint density at radius 2 is 0.500 bits per heavy atom. The quantitative estimate of drug-likeness (QED) is 0.129. The van der Waals surface area contributed by atoms with Gasteiger partial charge in [-0.05, 0) is 101 Å². The lowest BCUT2D eigenvalue weighted by molar-refractivity contribution is -0.138. The minimum absolute atomic E-state index is 0.588. The van der Waals surface area contributed by atoms with E-state index < -0.39 is 23.5 Å². The highest BCUT2D eigenvalue weighted by molar-refractivity contribution is 6.33. The first-order chi connectivity index (χ1) is 24.1. The van der Waals surface area contributed by atoms with Gasteiger partial charge in [-0.2, -0.15) is 26.3 Å². The maximum Gasteiger partial charge on any atom is 0.416 e. The topological polar surface area (TPSA) is 0 Å². The Bertz CT molecular complexity index is 2330. The van der Waals surface area contributed by atoms with E-state index in [0.29, 0.717) is 11.1 Å². The van der Waals surface area contributed by atoms with Crippen molar-refractivity contribution in [3.63, 3.8) is 0 Å². The third kappa shape index (κ3) is 5.28. The molecule has 0 unspecified atom stereocenters. The Kier molecular flexibility index (Phi) is 7.48. The van der Waals surface area contributed by atoms with Crippen molar-refractivity contribution >= 4 is 32.3 Å². The van der Waals surface area contributed by atoms with Crippen LogP contribution in [0.2, 0.25) is 0 Å². The summed E-state index contributed by atoms with van der Waals surface area (Å²) in [5, 5.41) is 4.99. The van der Waals surface area contributed by atoms with Gasteiger partial charge in [-0.1, -0.05) is 133 Å². The van der Waals surface area contributed by atoms with Gasteiger partial charge < -0.3 is 0 Å². The molecule has 6 heteroatoms. The van der Waals surface area contributed by atoms with Crippen LogP contribution in [0.4, 0.5) is 26.3 Å². The summed E-state index contributed by atoms with van der Waals surface area (Å²) in [5.74, 6) is 0. The second-order valence-corrected chi connectivity index (χ2v) is 12.2. The smallest absolute Gasteiger partial charge is 0.166 e. The molecule has 0 fully saturated rings. The zero-order valence-electron chi connectivity index (χ0n) is 26.3. The first-order valence-electron chi connectivity index (χ1n) is 16.0. The molecule has 50 heavy (non-hydrogen) atoms. The summed E-state index contributed by atoms with van der Waals surface area (Å²) in [4.78, 5) is 0. The predicted molar refractivity (Wildman–Crippen MR) is 191 cm³/mol. The van der Waals surface area contributed by atoms with Crippen molar-refractivity contribution in [2.45, 2.75) is 12.4 Å². The van der Waals surface area contributed by atoms with Crippen molar-refractivity contribution in [1.29, 1.82) is 0 Å². The van der Waals surface area contributed by atoms with E-state index in [2.05, 4.69) is 0 Å². The Hall–Kier alpha value is -5.88. The SMILES string of the molecule is FC(F)(F)c1ccc(-c2c3ccccc3c(-c3ccccc3)c3c(-c4ccc(C(F)(F)F)cc4)c4ccccc4c(-c4ccccc4)c23)cc1. The number of halogens is 6. The van der Waals surface area contributed by atoms with Crippen LogP contribution in [0.25, 0.3) is 76.8 Å². The number of alkyl halides is 6. The number of hydrogen-bond acceptors (Lipinski definition) is 0. The third-order valence-electron chi connectivity index (χ3n) is 9.31. The van der Waals surface area contributed by atoms with Crippen LogP contribution in [-0.2, 0) is 12.4 Å². The summed E-state index contributed by atoms with van der Waals surface area (Å²) in [7, 11) is 0. The summed E-state index contributed by atoms with van der Waals surface area (Å²) in [6, 6.07) is 45.7. The van der Waals surface area contributed by atoms with Gasteiger partial charge in [0.1, 0.15) is 0 Å². The second-order valence-electron chi connectivity index (χ2n) is 12.2. The predicted octanol–water partition coefficient (Wildman–Crippen LogP) is 13.9. The average Bonchev–Trinajstić information content (AvgIpc) is 3.13.